The molecule has 0 saturated heterocycles. The van der Waals surface area contributed by atoms with Gasteiger partial charge in [0.2, 0.25) is 0 Å². The van der Waals surface area contributed by atoms with Crippen LogP contribution in [0.5, 0.6) is 0 Å². The molecular weight excluding hydrogens is 214 g/mol. The summed E-state index contributed by atoms with van der Waals surface area (Å²) >= 11 is 0. The number of hydrogen-bond donors (Lipinski definition) is 1. The fourth-order valence-electron chi connectivity index (χ4n) is 1.86. The highest BCUT2D eigenvalue weighted by atomic mass is 16.5. The zero-order valence-corrected chi connectivity index (χ0v) is 11.3. The van der Waals surface area contributed by atoms with E-state index in [0.717, 1.165) is 26.1 Å². The van der Waals surface area contributed by atoms with E-state index in [1.165, 1.54) is 12.8 Å². The van der Waals surface area contributed by atoms with Crippen molar-refractivity contribution in [3.05, 3.63) is 0 Å². The Morgan fingerprint density at radius 1 is 1.53 bits per heavy atom. The summed E-state index contributed by atoms with van der Waals surface area (Å²) in [6.45, 7) is 6.81. The van der Waals surface area contributed by atoms with Gasteiger partial charge in [-0.15, -0.1) is 0 Å². The van der Waals surface area contributed by atoms with Gasteiger partial charge in [-0.25, -0.2) is 0 Å². The minimum Gasteiger partial charge on any atom is -0.383 e. The maximum Gasteiger partial charge on any atom is 0.108 e. The zero-order valence-electron chi connectivity index (χ0n) is 11.3. The molecule has 2 unspecified atom stereocenters. The van der Waals surface area contributed by atoms with Crippen LogP contribution in [0.2, 0.25) is 0 Å². The van der Waals surface area contributed by atoms with E-state index in [1.54, 1.807) is 7.11 Å². The van der Waals surface area contributed by atoms with E-state index in [2.05, 4.69) is 30.1 Å². The van der Waals surface area contributed by atoms with Gasteiger partial charge in [0, 0.05) is 32.3 Å². The molecule has 17 heavy (non-hydrogen) atoms. The van der Waals surface area contributed by atoms with Crippen molar-refractivity contribution >= 4 is 0 Å². The largest absolute Gasteiger partial charge is 0.383 e. The first kappa shape index (κ1) is 14.4. The SMILES string of the molecule is CCC(C)N(CCOC)CC(C#N)NC1CC1. The monoisotopic (exact) mass is 239 g/mol. The first-order valence-corrected chi connectivity index (χ1v) is 6.59. The van der Waals surface area contributed by atoms with Crippen molar-refractivity contribution in [2.75, 3.05) is 26.8 Å². The Morgan fingerprint density at radius 2 is 2.24 bits per heavy atom. The molecule has 4 nitrogen and oxygen atoms in total. The molecule has 0 radical (unpaired) electrons. The van der Waals surface area contributed by atoms with E-state index >= 15 is 0 Å². The molecule has 1 aliphatic rings. The van der Waals surface area contributed by atoms with Gasteiger partial charge in [0.15, 0.2) is 0 Å². The van der Waals surface area contributed by atoms with Crippen molar-refractivity contribution in [3.8, 4) is 6.07 Å². The van der Waals surface area contributed by atoms with E-state index in [0.29, 0.717) is 12.1 Å². The fraction of sp³-hybridized carbons (Fsp3) is 0.923. The number of rotatable bonds is 9. The van der Waals surface area contributed by atoms with E-state index in [9.17, 15) is 0 Å². The summed E-state index contributed by atoms with van der Waals surface area (Å²) in [7, 11) is 1.72. The Bertz CT molecular complexity index is 248. The van der Waals surface area contributed by atoms with Crippen molar-refractivity contribution in [3.63, 3.8) is 0 Å². The second-order valence-corrected chi connectivity index (χ2v) is 4.87. The Labute approximate surface area is 105 Å². The van der Waals surface area contributed by atoms with Crippen molar-refractivity contribution in [2.24, 2.45) is 0 Å². The topological polar surface area (TPSA) is 48.3 Å². The smallest absolute Gasteiger partial charge is 0.108 e. The molecular formula is C13H25N3O. The van der Waals surface area contributed by atoms with Crippen LogP contribution in [0.3, 0.4) is 0 Å². The van der Waals surface area contributed by atoms with Crippen LogP contribution < -0.4 is 5.32 Å². The quantitative estimate of drug-likeness (QED) is 0.660. The minimum atomic E-state index is -0.0478. The molecule has 0 aromatic carbocycles. The number of methoxy groups -OCH3 is 1. The molecule has 0 heterocycles. The Morgan fingerprint density at radius 3 is 2.71 bits per heavy atom. The molecule has 1 fully saturated rings. The highest BCUT2D eigenvalue weighted by molar-refractivity contribution is 4.97. The van der Waals surface area contributed by atoms with Gasteiger partial charge >= 0.3 is 0 Å². The summed E-state index contributed by atoms with van der Waals surface area (Å²) in [5.41, 5.74) is 0. The number of nitrogens with zero attached hydrogens (tertiary/aromatic N) is 2. The summed E-state index contributed by atoms with van der Waals surface area (Å²) in [6.07, 6.45) is 3.55. The molecule has 1 rings (SSSR count). The highest BCUT2D eigenvalue weighted by Crippen LogP contribution is 2.19. The van der Waals surface area contributed by atoms with Gasteiger partial charge in [0.1, 0.15) is 6.04 Å². The summed E-state index contributed by atoms with van der Waals surface area (Å²) < 4.78 is 5.13. The molecule has 0 amide bonds. The van der Waals surface area contributed by atoms with Crippen molar-refractivity contribution in [1.29, 1.82) is 5.26 Å². The van der Waals surface area contributed by atoms with Crippen LogP contribution in [0, 0.1) is 11.3 Å². The maximum atomic E-state index is 9.16. The van der Waals surface area contributed by atoms with E-state index < -0.39 is 0 Å². The Hall–Kier alpha value is -0.630. The number of ether oxygens (including phenoxy) is 1. The average molecular weight is 239 g/mol. The fourth-order valence-corrected chi connectivity index (χ4v) is 1.86. The minimum absolute atomic E-state index is 0.0478. The molecule has 0 aliphatic heterocycles. The second-order valence-electron chi connectivity index (χ2n) is 4.87. The van der Waals surface area contributed by atoms with Crippen LogP contribution in [-0.2, 0) is 4.74 Å². The van der Waals surface area contributed by atoms with Crippen LogP contribution in [0.1, 0.15) is 33.1 Å². The van der Waals surface area contributed by atoms with Gasteiger partial charge in [-0.2, -0.15) is 5.26 Å². The van der Waals surface area contributed by atoms with Crippen LogP contribution in [-0.4, -0.2) is 49.8 Å². The highest BCUT2D eigenvalue weighted by Gasteiger charge is 2.26. The van der Waals surface area contributed by atoms with Gasteiger partial charge in [-0.05, 0) is 26.2 Å². The third-order valence-corrected chi connectivity index (χ3v) is 3.38. The molecule has 0 spiro atoms. The standard InChI is InChI=1S/C13H25N3O/c1-4-11(2)16(7-8-17-3)10-13(9-14)15-12-5-6-12/h11-13,15H,4-8,10H2,1-3H3. The molecule has 1 N–H and O–H groups in total. The lowest BCUT2D eigenvalue weighted by Gasteiger charge is -2.30. The van der Waals surface area contributed by atoms with Gasteiger partial charge in [0.25, 0.3) is 0 Å². The average Bonchev–Trinajstić information content (AvgIpc) is 3.15. The predicted molar refractivity (Wildman–Crippen MR) is 68.8 cm³/mol. The van der Waals surface area contributed by atoms with E-state index in [1.807, 2.05) is 0 Å². The zero-order chi connectivity index (χ0) is 12.7. The molecule has 1 aliphatic carbocycles. The number of hydrogen-bond acceptors (Lipinski definition) is 4. The summed E-state index contributed by atoms with van der Waals surface area (Å²) in [6, 6.07) is 3.40. The van der Waals surface area contributed by atoms with Crippen molar-refractivity contribution in [1.82, 2.24) is 10.2 Å². The Balaban J connectivity index is 2.40. The van der Waals surface area contributed by atoms with Crippen molar-refractivity contribution in [2.45, 2.75) is 51.2 Å². The molecule has 1 saturated carbocycles. The Kier molecular flexibility index (Phi) is 6.49. The van der Waals surface area contributed by atoms with Crippen LogP contribution in [0.15, 0.2) is 0 Å². The van der Waals surface area contributed by atoms with Gasteiger partial charge < -0.3 is 4.74 Å². The van der Waals surface area contributed by atoms with Crippen LogP contribution >= 0.6 is 0 Å². The molecule has 4 heteroatoms. The predicted octanol–water partition coefficient (Wildman–Crippen LogP) is 1.38. The number of nitrogens with one attached hydrogen (secondary N) is 1. The van der Waals surface area contributed by atoms with Gasteiger partial charge in [-0.1, -0.05) is 6.92 Å². The molecule has 0 aromatic heterocycles. The molecule has 98 valence electrons. The molecule has 0 aromatic rings. The van der Waals surface area contributed by atoms with Gasteiger partial charge in [-0.3, -0.25) is 10.2 Å². The lowest BCUT2D eigenvalue weighted by molar-refractivity contribution is 0.119. The summed E-state index contributed by atoms with van der Waals surface area (Å²) in [5.74, 6) is 0. The summed E-state index contributed by atoms with van der Waals surface area (Å²) in [5, 5.41) is 12.5. The van der Waals surface area contributed by atoms with E-state index in [4.69, 9.17) is 10.00 Å². The lowest BCUT2D eigenvalue weighted by atomic mass is 10.2. The molecule has 2 atom stereocenters. The van der Waals surface area contributed by atoms with Gasteiger partial charge in [0.05, 0.1) is 12.7 Å². The first-order valence-electron chi connectivity index (χ1n) is 6.59. The molecule has 0 bridgehead atoms. The van der Waals surface area contributed by atoms with Crippen LogP contribution in [0.25, 0.3) is 0 Å². The lowest BCUT2D eigenvalue weighted by Crippen LogP contribution is -2.45. The normalized spacial score (nSPS) is 19.0. The second kappa shape index (κ2) is 7.65. The third-order valence-electron chi connectivity index (χ3n) is 3.38. The van der Waals surface area contributed by atoms with E-state index in [-0.39, 0.29) is 6.04 Å². The van der Waals surface area contributed by atoms with Crippen molar-refractivity contribution < 1.29 is 4.74 Å². The number of nitriles is 1. The summed E-state index contributed by atoms with van der Waals surface area (Å²) in [4.78, 5) is 2.34. The van der Waals surface area contributed by atoms with Crippen LogP contribution in [0.4, 0.5) is 0 Å². The maximum absolute atomic E-state index is 9.16. The first-order chi connectivity index (χ1) is 8.21. The third kappa shape index (κ3) is 5.49.